The van der Waals surface area contributed by atoms with Crippen LogP contribution < -0.4 is 10.6 Å². The number of benzene rings is 1. The van der Waals surface area contributed by atoms with E-state index in [-0.39, 0.29) is 30.1 Å². The Labute approximate surface area is 137 Å². The molecule has 2 atom stereocenters. The zero-order valence-corrected chi connectivity index (χ0v) is 13.7. The van der Waals surface area contributed by atoms with Gasteiger partial charge in [0.2, 0.25) is 11.8 Å². The van der Waals surface area contributed by atoms with Crippen molar-refractivity contribution in [3.8, 4) is 0 Å². The molecule has 0 spiro atoms. The Morgan fingerprint density at radius 3 is 2.83 bits per heavy atom. The monoisotopic (exact) mass is 339 g/mol. The number of halogens is 1. The Bertz CT molecular complexity index is 606. The van der Waals surface area contributed by atoms with Gasteiger partial charge in [0, 0.05) is 19.2 Å². The second-order valence-electron chi connectivity index (χ2n) is 5.09. The number of nitrogens with one attached hydrogen (secondary N) is 2. The van der Waals surface area contributed by atoms with Crippen molar-refractivity contribution in [3.63, 3.8) is 0 Å². The van der Waals surface area contributed by atoms with Gasteiger partial charge in [-0.2, -0.15) is 0 Å². The Morgan fingerprint density at radius 1 is 1.48 bits per heavy atom. The van der Waals surface area contributed by atoms with E-state index in [1.54, 1.807) is 7.11 Å². The first-order valence-corrected chi connectivity index (χ1v) is 7.95. The van der Waals surface area contributed by atoms with Crippen LogP contribution in [-0.2, 0) is 14.3 Å². The molecule has 2 amide bonds. The fraction of sp³-hybridized carbons (Fsp3) is 0.400. The molecule has 124 valence electrons. The van der Waals surface area contributed by atoms with Crippen molar-refractivity contribution in [1.82, 2.24) is 5.32 Å². The summed E-state index contributed by atoms with van der Waals surface area (Å²) in [5.74, 6) is -0.928. The standard InChI is InChI=1S/C15H18FN3O3S/c1-9(8-22-2)17-15-19-14(21)12(23-15)7-13(20)18-11-5-3-10(16)4-6-11/h3-6,9,12H,7-8H2,1-2H3,(H,18,20)(H,17,19,21)/t9-,12-/m1/s1. The topological polar surface area (TPSA) is 79.8 Å². The molecule has 8 heteroatoms. The van der Waals surface area contributed by atoms with Crippen molar-refractivity contribution in [1.29, 1.82) is 0 Å². The van der Waals surface area contributed by atoms with Gasteiger partial charge in [-0.25, -0.2) is 4.39 Å². The van der Waals surface area contributed by atoms with Crippen LogP contribution in [0.3, 0.4) is 0 Å². The second kappa shape index (κ2) is 8.07. The molecule has 1 aliphatic heterocycles. The maximum atomic E-state index is 12.8. The van der Waals surface area contributed by atoms with Gasteiger partial charge >= 0.3 is 0 Å². The lowest BCUT2D eigenvalue weighted by Gasteiger charge is -2.07. The summed E-state index contributed by atoms with van der Waals surface area (Å²) in [6, 6.07) is 5.38. The molecule has 2 rings (SSSR count). The summed E-state index contributed by atoms with van der Waals surface area (Å²) in [4.78, 5) is 28.2. The molecule has 0 saturated carbocycles. The molecular formula is C15H18FN3O3S. The van der Waals surface area contributed by atoms with Crippen molar-refractivity contribution < 1.29 is 18.7 Å². The lowest BCUT2D eigenvalue weighted by molar-refractivity contribution is -0.122. The highest BCUT2D eigenvalue weighted by molar-refractivity contribution is 8.15. The van der Waals surface area contributed by atoms with Crippen molar-refractivity contribution >= 4 is 34.4 Å². The third kappa shape index (κ3) is 5.33. The van der Waals surface area contributed by atoms with E-state index in [2.05, 4.69) is 15.6 Å². The highest BCUT2D eigenvalue weighted by Crippen LogP contribution is 2.23. The van der Waals surface area contributed by atoms with Gasteiger partial charge in [-0.15, -0.1) is 0 Å². The van der Waals surface area contributed by atoms with E-state index in [1.165, 1.54) is 36.0 Å². The average Bonchev–Trinajstić information content (AvgIpc) is 2.81. The van der Waals surface area contributed by atoms with E-state index in [4.69, 9.17) is 4.74 Å². The largest absolute Gasteiger partial charge is 0.382 e. The van der Waals surface area contributed by atoms with Crippen molar-refractivity contribution in [2.75, 3.05) is 19.0 Å². The number of amides is 2. The molecule has 1 aliphatic rings. The molecule has 0 unspecified atom stereocenters. The van der Waals surface area contributed by atoms with Gasteiger partial charge in [0.05, 0.1) is 12.6 Å². The predicted molar refractivity (Wildman–Crippen MR) is 87.9 cm³/mol. The van der Waals surface area contributed by atoms with Crippen LogP contribution in [0.5, 0.6) is 0 Å². The minimum Gasteiger partial charge on any atom is -0.382 e. The molecule has 0 radical (unpaired) electrons. The Kier molecular flexibility index (Phi) is 6.12. The molecule has 23 heavy (non-hydrogen) atoms. The molecular weight excluding hydrogens is 321 g/mol. The highest BCUT2D eigenvalue weighted by atomic mass is 32.2. The molecule has 1 fully saturated rings. The van der Waals surface area contributed by atoms with Crippen LogP contribution >= 0.6 is 11.8 Å². The summed E-state index contributed by atoms with van der Waals surface area (Å²) in [5, 5.41) is 5.27. The fourth-order valence-electron chi connectivity index (χ4n) is 1.99. The van der Waals surface area contributed by atoms with Crippen LogP contribution in [0.4, 0.5) is 10.1 Å². The molecule has 1 aromatic carbocycles. The van der Waals surface area contributed by atoms with Gasteiger partial charge in [0.15, 0.2) is 5.17 Å². The zero-order valence-electron chi connectivity index (χ0n) is 12.8. The van der Waals surface area contributed by atoms with Gasteiger partial charge in [-0.1, -0.05) is 11.8 Å². The second-order valence-corrected chi connectivity index (χ2v) is 6.28. The summed E-state index contributed by atoms with van der Waals surface area (Å²) >= 11 is 1.23. The first-order chi connectivity index (χ1) is 11.0. The van der Waals surface area contributed by atoms with E-state index in [0.29, 0.717) is 17.5 Å². The Hall–Kier alpha value is -1.93. The third-order valence-corrected chi connectivity index (χ3v) is 4.12. The summed E-state index contributed by atoms with van der Waals surface area (Å²) in [5.41, 5.74) is 0.488. The number of hydrogen-bond donors (Lipinski definition) is 2. The molecule has 1 saturated heterocycles. The zero-order chi connectivity index (χ0) is 16.8. The van der Waals surface area contributed by atoms with E-state index in [1.807, 2.05) is 6.92 Å². The highest BCUT2D eigenvalue weighted by Gasteiger charge is 2.32. The summed E-state index contributed by atoms with van der Waals surface area (Å²) in [7, 11) is 1.58. The SMILES string of the molecule is COC[C@@H](C)N=C1NC(=O)[C@@H](CC(=O)Nc2ccc(F)cc2)S1. The number of carbonyl (C=O) groups is 2. The quantitative estimate of drug-likeness (QED) is 0.828. The number of thioether (sulfide) groups is 1. The summed E-state index contributed by atoms with van der Waals surface area (Å²) in [6.07, 6.45) is 0.0194. The van der Waals surface area contributed by atoms with Crippen LogP contribution in [0.2, 0.25) is 0 Å². The Balaban J connectivity index is 1.88. The van der Waals surface area contributed by atoms with Gasteiger partial charge in [0.1, 0.15) is 11.1 Å². The van der Waals surface area contributed by atoms with Crippen molar-refractivity contribution in [2.24, 2.45) is 4.99 Å². The van der Waals surface area contributed by atoms with E-state index < -0.39 is 5.25 Å². The first kappa shape index (κ1) is 17.4. The molecule has 1 aromatic rings. The minimum atomic E-state index is -0.524. The molecule has 0 bridgehead atoms. The number of nitrogens with zero attached hydrogens (tertiary/aromatic N) is 1. The van der Waals surface area contributed by atoms with Crippen molar-refractivity contribution in [2.45, 2.75) is 24.6 Å². The molecule has 1 heterocycles. The summed E-state index contributed by atoms with van der Waals surface area (Å²) in [6.45, 7) is 2.33. The lowest BCUT2D eigenvalue weighted by atomic mass is 10.2. The van der Waals surface area contributed by atoms with Gasteiger partial charge in [-0.05, 0) is 31.2 Å². The predicted octanol–water partition coefficient (Wildman–Crippen LogP) is 1.78. The normalized spacial score (nSPS) is 20.4. The number of hydrogen-bond acceptors (Lipinski definition) is 5. The minimum absolute atomic E-state index is 0.0194. The number of anilines is 1. The number of aliphatic imine (C=N–C) groups is 1. The molecule has 0 aromatic heterocycles. The number of rotatable bonds is 6. The smallest absolute Gasteiger partial charge is 0.240 e. The van der Waals surface area contributed by atoms with Crippen molar-refractivity contribution in [3.05, 3.63) is 30.1 Å². The van der Waals surface area contributed by atoms with E-state index >= 15 is 0 Å². The number of amidine groups is 1. The maximum Gasteiger partial charge on any atom is 0.240 e. The first-order valence-electron chi connectivity index (χ1n) is 7.07. The van der Waals surface area contributed by atoms with Gasteiger partial charge in [-0.3, -0.25) is 14.6 Å². The van der Waals surface area contributed by atoms with Gasteiger partial charge in [0.25, 0.3) is 0 Å². The molecule has 6 nitrogen and oxygen atoms in total. The number of ether oxygens (including phenoxy) is 1. The maximum absolute atomic E-state index is 12.8. The Morgan fingerprint density at radius 2 is 2.17 bits per heavy atom. The van der Waals surface area contributed by atoms with Crippen LogP contribution in [0, 0.1) is 5.82 Å². The number of methoxy groups -OCH3 is 1. The number of carbonyl (C=O) groups excluding carboxylic acids is 2. The van der Waals surface area contributed by atoms with E-state index in [9.17, 15) is 14.0 Å². The molecule has 2 N–H and O–H groups in total. The van der Waals surface area contributed by atoms with E-state index in [0.717, 1.165) is 0 Å². The average molecular weight is 339 g/mol. The van der Waals surface area contributed by atoms with Gasteiger partial charge < -0.3 is 15.4 Å². The van der Waals surface area contributed by atoms with Crippen LogP contribution in [-0.4, -0.2) is 42.0 Å². The molecule has 0 aliphatic carbocycles. The van der Waals surface area contributed by atoms with Crippen LogP contribution in [0.25, 0.3) is 0 Å². The lowest BCUT2D eigenvalue weighted by Crippen LogP contribution is -2.28. The summed E-state index contributed by atoms with van der Waals surface area (Å²) < 4.78 is 17.8. The fourth-order valence-corrected chi connectivity index (χ4v) is 3.06. The third-order valence-electron chi connectivity index (χ3n) is 3.02. The van der Waals surface area contributed by atoms with Crippen LogP contribution in [0.1, 0.15) is 13.3 Å². The van der Waals surface area contributed by atoms with Crippen LogP contribution in [0.15, 0.2) is 29.3 Å².